The Morgan fingerprint density at radius 1 is 1.39 bits per heavy atom. The molecule has 0 fully saturated rings. The highest BCUT2D eigenvalue weighted by Gasteiger charge is 2.15. The lowest BCUT2D eigenvalue weighted by atomic mass is 10.1. The van der Waals surface area contributed by atoms with Gasteiger partial charge in [0.15, 0.2) is 0 Å². The normalized spacial score (nSPS) is 10.9. The van der Waals surface area contributed by atoms with E-state index in [1.54, 1.807) is 16.4 Å². The van der Waals surface area contributed by atoms with Crippen molar-refractivity contribution in [1.82, 2.24) is 19.7 Å². The summed E-state index contributed by atoms with van der Waals surface area (Å²) in [5, 5.41) is 5.05. The molecule has 0 radical (unpaired) electrons. The fraction of sp³-hybridized carbons (Fsp3) is 0.364. The number of anilines is 1. The highest BCUT2D eigenvalue weighted by Crippen LogP contribution is 2.34. The molecule has 7 heteroatoms. The van der Waals surface area contributed by atoms with Gasteiger partial charge in [0.25, 0.3) is 0 Å². The Hall–Kier alpha value is -1.60. The minimum Gasteiger partial charge on any atom is -0.308 e. The molecule has 0 bridgehead atoms. The van der Waals surface area contributed by atoms with Gasteiger partial charge in [0, 0.05) is 18.8 Å². The molecule has 96 valence electrons. The highest BCUT2D eigenvalue weighted by atomic mass is 32.2. The molecule has 18 heavy (non-hydrogen) atoms. The number of nitrogen functional groups attached to an aromatic ring is 1. The molecular weight excluding hydrogens is 248 g/mol. The number of rotatable bonds is 4. The van der Waals surface area contributed by atoms with Crippen molar-refractivity contribution in [2.24, 2.45) is 12.9 Å². The summed E-state index contributed by atoms with van der Waals surface area (Å²) in [6.07, 6.45) is 5.28. The summed E-state index contributed by atoms with van der Waals surface area (Å²) >= 11 is 1.56. The Bertz CT molecular complexity index is 536. The average molecular weight is 264 g/mol. The van der Waals surface area contributed by atoms with E-state index in [0.717, 1.165) is 15.5 Å². The van der Waals surface area contributed by atoms with Crippen molar-refractivity contribution in [3.05, 3.63) is 24.3 Å². The molecule has 6 nitrogen and oxygen atoms in total. The molecule has 2 aromatic heterocycles. The summed E-state index contributed by atoms with van der Waals surface area (Å²) in [6, 6.07) is 0. The lowest BCUT2D eigenvalue weighted by Gasteiger charge is -2.14. The van der Waals surface area contributed by atoms with Gasteiger partial charge in [-0.2, -0.15) is 5.10 Å². The second-order valence-electron chi connectivity index (χ2n) is 4.19. The Labute approximate surface area is 110 Å². The lowest BCUT2D eigenvalue weighted by Crippen LogP contribution is -2.13. The number of nitrogens with one attached hydrogen (secondary N) is 1. The number of nitrogens with zero attached hydrogens (tertiary/aromatic N) is 4. The third-order valence-corrected chi connectivity index (χ3v) is 3.42. The topological polar surface area (TPSA) is 81.7 Å². The van der Waals surface area contributed by atoms with Crippen LogP contribution in [0.2, 0.25) is 0 Å². The van der Waals surface area contributed by atoms with Crippen molar-refractivity contribution in [3.8, 4) is 0 Å². The van der Waals surface area contributed by atoms with Crippen LogP contribution in [0.4, 0.5) is 5.82 Å². The summed E-state index contributed by atoms with van der Waals surface area (Å²) in [5.74, 6) is 6.45. The van der Waals surface area contributed by atoms with Gasteiger partial charge in [-0.05, 0) is 5.92 Å². The van der Waals surface area contributed by atoms with Crippen molar-refractivity contribution in [2.45, 2.75) is 29.7 Å². The van der Waals surface area contributed by atoms with Crippen LogP contribution in [0.15, 0.2) is 28.6 Å². The smallest absolute Gasteiger partial charge is 0.147 e. The largest absolute Gasteiger partial charge is 0.308 e. The molecule has 3 N–H and O–H groups in total. The van der Waals surface area contributed by atoms with E-state index in [4.69, 9.17) is 5.84 Å². The SMILES string of the molecule is CC(C)c1c(NN)ncnc1Sc1cnn(C)c1. The Kier molecular flexibility index (Phi) is 3.83. The van der Waals surface area contributed by atoms with Crippen LogP contribution in [-0.2, 0) is 7.05 Å². The first-order valence-electron chi connectivity index (χ1n) is 5.59. The van der Waals surface area contributed by atoms with Crippen molar-refractivity contribution < 1.29 is 0 Å². The second-order valence-corrected chi connectivity index (χ2v) is 5.25. The van der Waals surface area contributed by atoms with E-state index in [9.17, 15) is 0 Å². The molecule has 0 unspecified atom stereocenters. The molecule has 2 rings (SSSR count). The van der Waals surface area contributed by atoms with Crippen LogP contribution in [0, 0.1) is 0 Å². The summed E-state index contributed by atoms with van der Waals surface area (Å²) < 4.78 is 1.76. The predicted octanol–water partition coefficient (Wildman–Crippen LogP) is 1.77. The minimum atomic E-state index is 0.288. The molecule has 0 aliphatic rings. The molecule has 0 aromatic carbocycles. The van der Waals surface area contributed by atoms with E-state index in [1.807, 2.05) is 19.4 Å². The molecule has 0 amide bonds. The van der Waals surface area contributed by atoms with Gasteiger partial charge in [-0.15, -0.1) is 0 Å². The van der Waals surface area contributed by atoms with Crippen LogP contribution in [-0.4, -0.2) is 19.7 Å². The van der Waals surface area contributed by atoms with E-state index in [0.29, 0.717) is 5.82 Å². The predicted molar refractivity (Wildman–Crippen MR) is 71.3 cm³/mol. The number of hydrogen-bond acceptors (Lipinski definition) is 6. The average Bonchev–Trinajstić information content (AvgIpc) is 2.74. The summed E-state index contributed by atoms with van der Waals surface area (Å²) in [7, 11) is 1.89. The fourth-order valence-electron chi connectivity index (χ4n) is 1.66. The van der Waals surface area contributed by atoms with Gasteiger partial charge in [0.1, 0.15) is 17.2 Å². The lowest BCUT2D eigenvalue weighted by molar-refractivity contribution is 0.766. The van der Waals surface area contributed by atoms with Crippen molar-refractivity contribution >= 4 is 17.6 Å². The number of hydrazine groups is 1. The van der Waals surface area contributed by atoms with Crippen LogP contribution in [0.25, 0.3) is 0 Å². The minimum absolute atomic E-state index is 0.288. The molecule has 0 saturated heterocycles. The van der Waals surface area contributed by atoms with E-state index in [2.05, 4.69) is 34.3 Å². The maximum atomic E-state index is 5.49. The molecule has 0 aliphatic heterocycles. The van der Waals surface area contributed by atoms with Crippen molar-refractivity contribution in [2.75, 3.05) is 5.43 Å². The maximum absolute atomic E-state index is 5.49. The molecule has 2 aromatic rings. The molecule has 0 aliphatic carbocycles. The highest BCUT2D eigenvalue weighted by molar-refractivity contribution is 7.99. The zero-order valence-corrected chi connectivity index (χ0v) is 11.4. The quantitative estimate of drug-likeness (QED) is 0.497. The van der Waals surface area contributed by atoms with Gasteiger partial charge < -0.3 is 5.43 Å². The molecule has 0 saturated carbocycles. The van der Waals surface area contributed by atoms with E-state index in [1.165, 1.54) is 6.33 Å². The van der Waals surface area contributed by atoms with Gasteiger partial charge in [-0.3, -0.25) is 4.68 Å². The van der Waals surface area contributed by atoms with Crippen LogP contribution in [0.1, 0.15) is 25.3 Å². The van der Waals surface area contributed by atoms with Crippen molar-refractivity contribution in [3.63, 3.8) is 0 Å². The Morgan fingerprint density at radius 3 is 2.72 bits per heavy atom. The first-order valence-corrected chi connectivity index (χ1v) is 6.41. The first-order chi connectivity index (χ1) is 8.61. The Balaban J connectivity index is 2.37. The molecule has 0 spiro atoms. The van der Waals surface area contributed by atoms with Crippen LogP contribution >= 0.6 is 11.8 Å². The molecule has 2 heterocycles. The van der Waals surface area contributed by atoms with E-state index >= 15 is 0 Å². The van der Waals surface area contributed by atoms with Gasteiger partial charge in [0.2, 0.25) is 0 Å². The van der Waals surface area contributed by atoms with Crippen molar-refractivity contribution in [1.29, 1.82) is 0 Å². The second kappa shape index (κ2) is 5.36. The van der Waals surface area contributed by atoms with Gasteiger partial charge in [0.05, 0.1) is 11.1 Å². The monoisotopic (exact) mass is 264 g/mol. The van der Waals surface area contributed by atoms with Crippen LogP contribution < -0.4 is 11.3 Å². The zero-order chi connectivity index (χ0) is 13.1. The van der Waals surface area contributed by atoms with Gasteiger partial charge in [-0.1, -0.05) is 25.6 Å². The third-order valence-electron chi connectivity index (χ3n) is 2.46. The number of aryl methyl sites for hydroxylation is 1. The summed E-state index contributed by atoms with van der Waals surface area (Å²) in [4.78, 5) is 9.52. The van der Waals surface area contributed by atoms with E-state index < -0.39 is 0 Å². The third kappa shape index (κ3) is 2.62. The number of nitrogens with two attached hydrogens (primary N) is 1. The fourth-order valence-corrected chi connectivity index (χ4v) is 2.73. The van der Waals surface area contributed by atoms with Crippen LogP contribution in [0.3, 0.4) is 0 Å². The standard InChI is InChI=1S/C11H16N6S/c1-7(2)9-10(16-12)13-6-14-11(9)18-8-4-15-17(3)5-8/h4-7H,12H2,1-3H3,(H,13,14,16). The maximum Gasteiger partial charge on any atom is 0.147 e. The number of aromatic nitrogens is 4. The van der Waals surface area contributed by atoms with Crippen LogP contribution in [0.5, 0.6) is 0 Å². The molecular formula is C11H16N6S. The first kappa shape index (κ1) is 12.8. The molecule has 0 atom stereocenters. The van der Waals surface area contributed by atoms with Gasteiger partial charge >= 0.3 is 0 Å². The number of hydrogen-bond donors (Lipinski definition) is 2. The zero-order valence-electron chi connectivity index (χ0n) is 10.6. The Morgan fingerprint density at radius 2 is 2.17 bits per heavy atom. The van der Waals surface area contributed by atoms with Gasteiger partial charge in [-0.25, -0.2) is 15.8 Å². The summed E-state index contributed by atoms with van der Waals surface area (Å²) in [6.45, 7) is 4.18. The summed E-state index contributed by atoms with van der Waals surface area (Å²) in [5.41, 5.74) is 3.65. The van der Waals surface area contributed by atoms with E-state index in [-0.39, 0.29) is 5.92 Å².